The first-order valence-corrected chi connectivity index (χ1v) is 11.0. The Morgan fingerprint density at radius 1 is 1.06 bits per heavy atom. The highest BCUT2D eigenvalue weighted by Gasteiger charge is 2.44. The third-order valence-electron chi connectivity index (χ3n) is 5.54. The van der Waals surface area contributed by atoms with Gasteiger partial charge in [0.05, 0.1) is 18.2 Å². The first-order chi connectivity index (χ1) is 15.1. The molecule has 2 aromatic carbocycles. The van der Waals surface area contributed by atoms with E-state index in [4.69, 9.17) is 4.74 Å². The smallest absolute Gasteiger partial charge is 0.294 e. The van der Waals surface area contributed by atoms with Crippen LogP contribution in [0.15, 0.2) is 53.8 Å². The predicted octanol–water partition coefficient (Wildman–Crippen LogP) is 5.43. The van der Waals surface area contributed by atoms with Crippen LogP contribution >= 0.6 is 0 Å². The molecule has 1 heterocycles. The maximum atomic E-state index is 13.2. The van der Waals surface area contributed by atoms with Gasteiger partial charge in [-0.1, -0.05) is 45.9 Å². The summed E-state index contributed by atoms with van der Waals surface area (Å²) < 4.78 is 5.52. The highest BCUT2D eigenvalue weighted by Crippen LogP contribution is 2.43. The molecule has 32 heavy (non-hydrogen) atoms. The van der Waals surface area contributed by atoms with Gasteiger partial charge in [-0.05, 0) is 54.2 Å². The van der Waals surface area contributed by atoms with Gasteiger partial charge in [0.2, 0.25) is 0 Å². The van der Waals surface area contributed by atoms with Gasteiger partial charge in [0.15, 0.2) is 23.0 Å². The Labute approximate surface area is 189 Å². The SMILES string of the molecule is CCOc1cc(C2C(C(=O)CC(C)C)=C(O)C(=O)N2c2ccc(C(C)C)cc2)ccc1O. The lowest BCUT2D eigenvalue weighted by molar-refractivity contribution is -0.118. The second-order valence-corrected chi connectivity index (χ2v) is 8.77. The highest BCUT2D eigenvalue weighted by molar-refractivity contribution is 6.16. The van der Waals surface area contributed by atoms with Gasteiger partial charge in [-0.3, -0.25) is 14.5 Å². The number of rotatable bonds is 8. The van der Waals surface area contributed by atoms with Gasteiger partial charge in [0.25, 0.3) is 5.91 Å². The molecule has 1 unspecified atom stereocenters. The van der Waals surface area contributed by atoms with Crippen molar-refractivity contribution in [2.75, 3.05) is 11.5 Å². The molecule has 1 atom stereocenters. The molecule has 0 bridgehead atoms. The molecule has 0 saturated carbocycles. The van der Waals surface area contributed by atoms with Crippen LogP contribution in [0.2, 0.25) is 0 Å². The van der Waals surface area contributed by atoms with Gasteiger partial charge in [-0.2, -0.15) is 0 Å². The van der Waals surface area contributed by atoms with Crippen LogP contribution in [0.3, 0.4) is 0 Å². The fraction of sp³-hybridized carbons (Fsp3) is 0.385. The standard InChI is InChI=1S/C26H31NO5/c1-6-32-22-14-18(9-12-20(22)28)24-23(21(29)13-15(2)3)25(30)26(31)27(24)19-10-7-17(8-11-19)16(4)5/h7-12,14-16,24,28,30H,6,13H2,1-5H3. The van der Waals surface area contributed by atoms with E-state index in [1.807, 2.05) is 38.1 Å². The number of hydrogen-bond donors (Lipinski definition) is 2. The van der Waals surface area contributed by atoms with Crippen molar-refractivity contribution in [2.24, 2.45) is 5.92 Å². The molecule has 6 nitrogen and oxygen atoms in total. The summed E-state index contributed by atoms with van der Waals surface area (Å²) in [6.07, 6.45) is 0.208. The molecular formula is C26H31NO5. The maximum Gasteiger partial charge on any atom is 0.294 e. The minimum Gasteiger partial charge on any atom is -0.504 e. The zero-order valence-electron chi connectivity index (χ0n) is 19.3. The summed E-state index contributed by atoms with van der Waals surface area (Å²) in [4.78, 5) is 27.7. The molecule has 1 aliphatic heterocycles. The van der Waals surface area contributed by atoms with Gasteiger partial charge in [0, 0.05) is 12.1 Å². The van der Waals surface area contributed by atoms with Crippen molar-refractivity contribution >= 4 is 17.4 Å². The molecule has 2 aromatic rings. The number of benzene rings is 2. The first kappa shape index (κ1) is 23.4. The van der Waals surface area contributed by atoms with Crippen LogP contribution < -0.4 is 9.64 Å². The molecule has 3 rings (SSSR count). The molecule has 0 aliphatic carbocycles. The average molecular weight is 438 g/mol. The van der Waals surface area contributed by atoms with Gasteiger partial charge < -0.3 is 14.9 Å². The number of aromatic hydroxyl groups is 1. The highest BCUT2D eigenvalue weighted by atomic mass is 16.5. The molecule has 0 saturated heterocycles. The van der Waals surface area contributed by atoms with Gasteiger partial charge in [0.1, 0.15) is 0 Å². The topological polar surface area (TPSA) is 87.1 Å². The number of nitrogens with zero attached hydrogens (tertiary/aromatic N) is 1. The quantitative estimate of drug-likeness (QED) is 0.575. The van der Waals surface area contributed by atoms with E-state index in [0.717, 1.165) is 5.56 Å². The number of ether oxygens (including phenoxy) is 1. The fourth-order valence-corrected chi connectivity index (χ4v) is 3.94. The number of aliphatic hydroxyl groups excluding tert-OH is 1. The van der Waals surface area contributed by atoms with E-state index in [1.165, 1.54) is 11.0 Å². The average Bonchev–Trinajstić information content (AvgIpc) is 3.00. The van der Waals surface area contributed by atoms with E-state index in [2.05, 4.69) is 13.8 Å². The second-order valence-electron chi connectivity index (χ2n) is 8.77. The predicted molar refractivity (Wildman–Crippen MR) is 124 cm³/mol. The Hall–Kier alpha value is -3.28. The first-order valence-electron chi connectivity index (χ1n) is 11.0. The third kappa shape index (κ3) is 4.49. The van der Waals surface area contributed by atoms with Gasteiger partial charge in [-0.15, -0.1) is 0 Å². The zero-order chi connectivity index (χ0) is 23.6. The van der Waals surface area contributed by atoms with E-state index in [0.29, 0.717) is 23.8 Å². The number of phenolic OH excluding ortho intramolecular Hbond substituents is 1. The number of carbonyl (C=O) groups excluding carboxylic acids is 2. The van der Waals surface area contributed by atoms with E-state index < -0.39 is 17.7 Å². The van der Waals surface area contributed by atoms with Crippen LogP contribution in [0.25, 0.3) is 0 Å². The second kappa shape index (κ2) is 9.47. The van der Waals surface area contributed by atoms with E-state index in [-0.39, 0.29) is 35.2 Å². The lowest BCUT2D eigenvalue weighted by atomic mass is 9.91. The van der Waals surface area contributed by atoms with E-state index in [1.54, 1.807) is 19.1 Å². The summed E-state index contributed by atoms with van der Waals surface area (Å²) in [6, 6.07) is 11.5. The lowest BCUT2D eigenvalue weighted by Crippen LogP contribution is -2.31. The number of phenols is 1. The van der Waals surface area contributed by atoms with Crippen LogP contribution in [0, 0.1) is 5.92 Å². The number of anilines is 1. The van der Waals surface area contributed by atoms with E-state index >= 15 is 0 Å². The summed E-state index contributed by atoms with van der Waals surface area (Å²) in [6.45, 7) is 10.1. The number of aliphatic hydroxyl groups is 1. The molecule has 0 aromatic heterocycles. The fourth-order valence-electron chi connectivity index (χ4n) is 3.94. The molecule has 1 aliphatic rings. The monoisotopic (exact) mass is 437 g/mol. The maximum absolute atomic E-state index is 13.2. The van der Waals surface area contributed by atoms with Crippen molar-refractivity contribution in [3.8, 4) is 11.5 Å². The molecular weight excluding hydrogens is 406 g/mol. The van der Waals surface area contributed by atoms with Crippen LogP contribution in [0.5, 0.6) is 11.5 Å². The minimum atomic E-state index is -0.821. The Bertz CT molecular complexity index is 1040. The van der Waals surface area contributed by atoms with Crippen LogP contribution in [0.4, 0.5) is 5.69 Å². The van der Waals surface area contributed by atoms with Crippen molar-refractivity contribution < 1.29 is 24.5 Å². The Balaban J connectivity index is 2.15. The lowest BCUT2D eigenvalue weighted by Gasteiger charge is -2.28. The Morgan fingerprint density at radius 3 is 2.28 bits per heavy atom. The third-order valence-corrected chi connectivity index (χ3v) is 5.54. The number of hydrogen-bond acceptors (Lipinski definition) is 5. The molecule has 6 heteroatoms. The van der Waals surface area contributed by atoms with Gasteiger partial charge in [-0.25, -0.2) is 0 Å². The number of ketones is 1. The minimum absolute atomic E-state index is 0.0315. The molecule has 1 amide bonds. The van der Waals surface area contributed by atoms with Crippen molar-refractivity contribution in [3.63, 3.8) is 0 Å². The van der Waals surface area contributed by atoms with Crippen LogP contribution in [0.1, 0.15) is 64.1 Å². The molecule has 2 N–H and O–H groups in total. The summed E-state index contributed by atoms with van der Waals surface area (Å²) in [5, 5.41) is 20.9. The van der Waals surface area contributed by atoms with Crippen molar-refractivity contribution in [1.82, 2.24) is 0 Å². The van der Waals surface area contributed by atoms with Gasteiger partial charge >= 0.3 is 0 Å². The van der Waals surface area contributed by atoms with Crippen molar-refractivity contribution in [3.05, 3.63) is 64.9 Å². The zero-order valence-corrected chi connectivity index (χ0v) is 19.3. The molecule has 0 fully saturated rings. The van der Waals surface area contributed by atoms with E-state index in [9.17, 15) is 19.8 Å². The van der Waals surface area contributed by atoms with Crippen LogP contribution in [-0.4, -0.2) is 28.5 Å². The summed E-state index contributed by atoms with van der Waals surface area (Å²) in [5.41, 5.74) is 2.34. The summed E-state index contributed by atoms with van der Waals surface area (Å²) in [7, 11) is 0. The van der Waals surface area contributed by atoms with Crippen molar-refractivity contribution in [2.45, 2.75) is 53.0 Å². The number of carbonyl (C=O) groups is 2. The van der Waals surface area contributed by atoms with Crippen molar-refractivity contribution in [1.29, 1.82) is 0 Å². The summed E-state index contributed by atoms with van der Waals surface area (Å²) >= 11 is 0. The normalized spacial score (nSPS) is 16.4. The largest absolute Gasteiger partial charge is 0.504 e. The number of amides is 1. The molecule has 0 spiro atoms. The number of Topliss-reactive ketones (excluding diaryl/α,β-unsaturated/α-hetero) is 1. The molecule has 170 valence electrons. The molecule has 0 radical (unpaired) electrons. The van der Waals surface area contributed by atoms with Crippen LogP contribution in [-0.2, 0) is 9.59 Å². The Morgan fingerprint density at radius 2 is 1.72 bits per heavy atom. The Kier molecular flexibility index (Phi) is 6.92. The summed E-state index contributed by atoms with van der Waals surface area (Å²) in [5.74, 6) is -0.801.